The van der Waals surface area contributed by atoms with Crippen LogP contribution >= 0.6 is 0 Å². The molecule has 1 unspecified atom stereocenters. The fourth-order valence-electron chi connectivity index (χ4n) is 5.83. The Balaban J connectivity index is 1.53. The summed E-state index contributed by atoms with van der Waals surface area (Å²) < 4.78 is 0. The van der Waals surface area contributed by atoms with Crippen LogP contribution in [0.25, 0.3) is 0 Å². The molecule has 1 aromatic rings. The Morgan fingerprint density at radius 1 is 1.00 bits per heavy atom. The van der Waals surface area contributed by atoms with Crippen LogP contribution in [0.1, 0.15) is 49.7 Å². The van der Waals surface area contributed by atoms with Crippen LogP contribution in [-0.2, 0) is 6.42 Å². The average molecular weight is 269 g/mol. The molecule has 108 valence electrons. The van der Waals surface area contributed by atoms with Crippen molar-refractivity contribution in [1.82, 2.24) is 0 Å². The fourth-order valence-corrected chi connectivity index (χ4v) is 5.83. The summed E-state index contributed by atoms with van der Waals surface area (Å²) in [6, 6.07) is 9.37. The standard InChI is InChI=1S/C19H27N/c1-13-2-4-14(5-3-13)9-18(20)19-10-15-6-16(11-19)8-17(7-15)12-19/h2-5,15-18H,6-12,20H2,1H3. The van der Waals surface area contributed by atoms with E-state index >= 15 is 0 Å². The molecule has 5 rings (SSSR count). The van der Waals surface area contributed by atoms with E-state index in [1.54, 1.807) is 0 Å². The van der Waals surface area contributed by atoms with Gasteiger partial charge in [-0.2, -0.15) is 0 Å². The summed E-state index contributed by atoms with van der Waals surface area (Å²) in [6.07, 6.45) is 9.88. The highest BCUT2D eigenvalue weighted by Gasteiger charge is 2.53. The number of aryl methyl sites for hydroxylation is 1. The number of hydrogen-bond donors (Lipinski definition) is 1. The third-order valence-corrected chi connectivity index (χ3v) is 6.45. The molecule has 0 radical (unpaired) electrons. The fraction of sp³-hybridized carbons (Fsp3) is 0.684. The Morgan fingerprint density at radius 3 is 2.00 bits per heavy atom. The predicted octanol–water partition coefficient (Wildman–Crippen LogP) is 4.08. The van der Waals surface area contributed by atoms with Gasteiger partial charge in [-0.1, -0.05) is 29.8 Å². The SMILES string of the molecule is Cc1ccc(CC(N)C23CC4CC(CC(C4)C2)C3)cc1. The molecule has 4 fully saturated rings. The summed E-state index contributed by atoms with van der Waals surface area (Å²) in [7, 11) is 0. The highest BCUT2D eigenvalue weighted by Crippen LogP contribution is 2.61. The zero-order chi connectivity index (χ0) is 13.7. The molecule has 0 aromatic heterocycles. The molecule has 1 aromatic carbocycles. The second kappa shape index (κ2) is 4.59. The molecule has 4 aliphatic rings. The first kappa shape index (κ1) is 12.9. The maximum atomic E-state index is 6.74. The van der Waals surface area contributed by atoms with Crippen molar-refractivity contribution in [2.45, 2.75) is 57.9 Å². The van der Waals surface area contributed by atoms with Gasteiger partial charge < -0.3 is 5.73 Å². The van der Waals surface area contributed by atoms with Crippen molar-refractivity contribution >= 4 is 0 Å². The van der Waals surface area contributed by atoms with Crippen molar-refractivity contribution in [1.29, 1.82) is 0 Å². The van der Waals surface area contributed by atoms with E-state index in [9.17, 15) is 0 Å². The molecule has 0 heterocycles. The van der Waals surface area contributed by atoms with Crippen LogP contribution in [0.15, 0.2) is 24.3 Å². The highest BCUT2D eigenvalue weighted by molar-refractivity contribution is 5.23. The first-order chi connectivity index (χ1) is 9.63. The maximum Gasteiger partial charge on any atom is 0.0136 e. The molecule has 4 bridgehead atoms. The molecule has 0 saturated heterocycles. The maximum absolute atomic E-state index is 6.74. The van der Waals surface area contributed by atoms with E-state index in [1.165, 1.54) is 49.7 Å². The van der Waals surface area contributed by atoms with Gasteiger partial charge in [-0.3, -0.25) is 0 Å². The van der Waals surface area contributed by atoms with Crippen molar-refractivity contribution in [2.24, 2.45) is 28.9 Å². The van der Waals surface area contributed by atoms with Gasteiger partial charge in [0.05, 0.1) is 0 Å². The molecule has 20 heavy (non-hydrogen) atoms. The van der Waals surface area contributed by atoms with Crippen LogP contribution in [0.5, 0.6) is 0 Å². The minimum Gasteiger partial charge on any atom is -0.327 e. The second-order valence-corrected chi connectivity index (χ2v) is 8.08. The van der Waals surface area contributed by atoms with E-state index in [1.807, 2.05) is 0 Å². The highest BCUT2D eigenvalue weighted by atomic mass is 14.7. The lowest BCUT2D eigenvalue weighted by molar-refractivity contribution is -0.0667. The van der Waals surface area contributed by atoms with Crippen molar-refractivity contribution in [3.05, 3.63) is 35.4 Å². The van der Waals surface area contributed by atoms with E-state index in [0.717, 1.165) is 24.2 Å². The lowest BCUT2D eigenvalue weighted by Gasteiger charge is -2.59. The Hall–Kier alpha value is -0.820. The Bertz CT molecular complexity index is 452. The van der Waals surface area contributed by atoms with Crippen LogP contribution in [0.3, 0.4) is 0 Å². The third kappa shape index (κ3) is 2.11. The molecule has 1 heteroatoms. The predicted molar refractivity (Wildman–Crippen MR) is 83.5 cm³/mol. The summed E-state index contributed by atoms with van der Waals surface area (Å²) in [4.78, 5) is 0. The monoisotopic (exact) mass is 269 g/mol. The van der Waals surface area contributed by atoms with Gasteiger partial charge in [-0.05, 0) is 80.6 Å². The largest absolute Gasteiger partial charge is 0.327 e. The van der Waals surface area contributed by atoms with Gasteiger partial charge in [0.25, 0.3) is 0 Å². The second-order valence-electron chi connectivity index (χ2n) is 8.08. The first-order valence-corrected chi connectivity index (χ1v) is 8.44. The zero-order valence-electron chi connectivity index (χ0n) is 12.6. The minimum atomic E-state index is 0.374. The number of hydrogen-bond acceptors (Lipinski definition) is 1. The Labute approximate surface area is 122 Å². The van der Waals surface area contributed by atoms with Crippen LogP contribution in [0.4, 0.5) is 0 Å². The normalized spacial score (nSPS) is 40.0. The topological polar surface area (TPSA) is 26.0 Å². The van der Waals surface area contributed by atoms with Crippen molar-refractivity contribution in [3.63, 3.8) is 0 Å². The molecule has 0 amide bonds. The molecule has 0 spiro atoms. The van der Waals surface area contributed by atoms with Gasteiger partial charge >= 0.3 is 0 Å². The molecular formula is C19H27N. The van der Waals surface area contributed by atoms with E-state index in [4.69, 9.17) is 5.73 Å². The molecule has 4 aliphatic carbocycles. The number of nitrogens with two attached hydrogens (primary N) is 1. The van der Waals surface area contributed by atoms with Crippen molar-refractivity contribution in [3.8, 4) is 0 Å². The lowest BCUT2D eigenvalue weighted by Crippen LogP contribution is -2.55. The van der Waals surface area contributed by atoms with E-state index in [0.29, 0.717) is 11.5 Å². The smallest absolute Gasteiger partial charge is 0.0136 e. The van der Waals surface area contributed by atoms with Gasteiger partial charge in [-0.15, -0.1) is 0 Å². The van der Waals surface area contributed by atoms with E-state index in [-0.39, 0.29) is 0 Å². The summed E-state index contributed by atoms with van der Waals surface area (Å²) in [5, 5.41) is 0. The molecule has 1 atom stereocenters. The van der Waals surface area contributed by atoms with E-state index < -0.39 is 0 Å². The molecule has 2 N–H and O–H groups in total. The van der Waals surface area contributed by atoms with Gasteiger partial charge in [0.15, 0.2) is 0 Å². The van der Waals surface area contributed by atoms with Crippen molar-refractivity contribution in [2.75, 3.05) is 0 Å². The van der Waals surface area contributed by atoms with Crippen LogP contribution in [-0.4, -0.2) is 6.04 Å². The first-order valence-electron chi connectivity index (χ1n) is 8.44. The molecule has 1 nitrogen and oxygen atoms in total. The van der Waals surface area contributed by atoms with Gasteiger partial charge in [0, 0.05) is 6.04 Å². The number of benzene rings is 1. The van der Waals surface area contributed by atoms with E-state index in [2.05, 4.69) is 31.2 Å². The Kier molecular flexibility index (Phi) is 2.96. The van der Waals surface area contributed by atoms with Crippen LogP contribution in [0, 0.1) is 30.1 Å². The van der Waals surface area contributed by atoms with Crippen LogP contribution < -0.4 is 5.73 Å². The number of rotatable bonds is 3. The molecular weight excluding hydrogens is 242 g/mol. The van der Waals surface area contributed by atoms with Gasteiger partial charge in [0.1, 0.15) is 0 Å². The van der Waals surface area contributed by atoms with Gasteiger partial charge in [0.2, 0.25) is 0 Å². The van der Waals surface area contributed by atoms with Crippen molar-refractivity contribution < 1.29 is 0 Å². The minimum absolute atomic E-state index is 0.374. The lowest BCUT2D eigenvalue weighted by atomic mass is 9.47. The van der Waals surface area contributed by atoms with Gasteiger partial charge in [-0.25, -0.2) is 0 Å². The molecule has 4 saturated carbocycles. The quantitative estimate of drug-likeness (QED) is 0.879. The summed E-state index contributed by atoms with van der Waals surface area (Å²) in [6.45, 7) is 2.16. The third-order valence-electron chi connectivity index (χ3n) is 6.45. The molecule has 0 aliphatic heterocycles. The zero-order valence-corrected chi connectivity index (χ0v) is 12.6. The van der Waals surface area contributed by atoms with Crippen LogP contribution in [0.2, 0.25) is 0 Å². The average Bonchev–Trinajstić information content (AvgIpc) is 2.40. The summed E-state index contributed by atoms with van der Waals surface area (Å²) >= 11 is 0. The summed E-state index contributed by atoms with van der Waals surface area (Å²) in [5.74, 6) is 3.01. The Morgan fingerprint density at radius 2 is 1.50 bits per heavy atom. The summed E-state index contributed by atoms with van der Waals surface area (Å²) in [5.41, 5.74) is 10.0.